The molecule has 1 aromatic carbocycles. The Morgan fingerprint density at radius 3 is 2.70 bits per heavy atom. The molecular formula is C16H22N2O2. The molecule has 0 aromatic heterocycles. The first kappa shape index (κ1) is 13.4. The highest BCUT2D eigenvalue weighted by molar-refractivity contribution is 6.03. The molecule has 2 aliphatic rings. The number of amides is 1. The van der Waals surface area contributed by atoms with Crippen LogP contribution in [0.1, 0.15) is 38.4 Å². The maximum absolute atomic E-state index is 11.8. The molecule has 0 saturated heterocycles. The topological polar surface area (TPSA) is 43.8 Å². The summed E-state index contributed by atoms with van der Waals surface area (Å²) in [4.78, 5) is 15.8. The maximum atomic E-state index is 11.8. The fraction of sp³-hybridized carbons (Fsp3) is 0.562. The molecule has 1 aliphatic carbocycles. The zero-order chi connectivity index (χ0) is 14.4. The molecule has 0 spiro atoms. The molecule has 1 N–H and O–H groups in total. The molecule has 1 saturated carbocycles. The highest BCUT2D eigenvalue weighted by atomic mass is 16.3. The van der Waals surface area contributed by atoms with Crippen LogP contribution in [-0.2, 0) is 4.79 Å². The molecule has 1 aliphatic heterocycles. The second-order valence-corrected chi connectivity index (χ2v) is 6.32. The predicted molar refractivity (Wildman–Crippen MR) is 80.0 cm³/mol. The average molecular weight is 274 g/mol. The molecule has 0 bridgehead atoms. The molecule has 20 heavy (non-hydrogen) atoms. The molecule has 1 atom stereocenters. The van der Waals surface area contributed by atoms with Gasteiger partial charge >= 0.3 is 0 Å². The van der Waals surface area contributed by atoms with E-state index in [4.69, 9.17) is 0 Å². The molecule has 1 unspecified atom stereocenters. The van der Waals surface area contributed by atoms with Crippen molar-refractivity contribution in [2.75, 3.05) is 23.4 Å². The summed E-state index contributed by atoms with van der Waals surface area (Å²) in [6, 6.07) is 6.62. The van der Waals surface area contributed by atoms with Crippen molar-refractivity contribution in [3.8, 4) is 0 Å². The Hall–Kier alpha value is -1.55. The van der Waals surface area contributed by atoms with Gasteiger partial charge in [0.25, 0.3) is 5.91 Å². The van der Waals surface area contributed by atoms with Crippen LogP contribution in [0.25, 0.3) is 0 Å². The van der Waals surface area contributed by atoms with Crippen LogP contribution < -0.4 is 9.80 Å². The summed E-state index contributed by atoms with van der Waals surface area (Å²) in [7, 11) is 1.73. The number of aliphatic hydroxyl groups is 1. The molecule has 1 fully saturated rings. The SMILES string of the molecule is CC(C)CN(c1ccc2c(c1)N(C)C(=O)C2O)C1CC1. The molecule has 4 nitrogen and oxygen atoms in total. The summed E-state index contributed by atoms with van der Waals surface area (Å²) in [5.74, 6) is 0.368. The van der Waals surface area contributed by atoms with Crippen molar-refractivity contribution in [3.05, 3.63) is 23.8 Å². The maximum Gasteiger partial charge on any atom is 0.260 e. The van der Waals surface area contributed by atoms with Gasteiger partial charge < -0.3 is 14.9 Å². The molecule has 108 valence electrons. The molecule has 4 heteroatoms. The average Bonchev–Trinajstić information content (AvgIpc) is 3.23. The van der Waals surface area contributed by atoms with Crippen molar-refractivity contribution in [1.82, 2.24) is 0 Å². The second-order valence-electron chi connectivity index (χ2n) is 6.32. The van der Waals surface area contributed by atoms with Crippen molar-refractivity contribution in [3.63, 3.8) is 0 Å². The summed E-state index contributed by atoms with van der Waals surface area (Å²) in [6.07, 6.45) is 1.51. The lowest BCUT2D eigenvalue weighted by atomic mass is 10.1. The normalized spacial score (nSPS) is 21.6. The van der Waals surface area contributed by atoms with E-state index in [0.29, 0.717) is 12.0 Å². The van der Waals surface area contributed by atoms with E-state index in [1.54, 1.807) is 11.9 Å². The largest absolute Gasteiger partial charge is 0.378 e. The van der Waals surface area contributed by atoms with E-state index in [-0.39, 0.29) is 5.91 Å². The Morgan fingerprint density at radius 1 is 1.40 bits per heavy atom. The number of aliphatic hydroxyl groups excluding tert-OH is 1. The molecule has 1 heterocycles. The number of benzene rings is 1. The number of anilines is 2. The molecule has 1 amide bonds. The number of likely N-dealkylation sites (N-methyl/N-ethyl adjacent to an activating group) is 1. The minimum atomic E-state index is -0.997. The summed E-state index contributed by atoms with van der Waals surface area (Å²) >= 11 is 0. The Morgan fingerprint density at radius 2 is 2.10 bits per heavy atom. The van der Waals surface area contributed by atoms with Gasteiger partial charge in [-0.1, -0.05) is 19.9 Å². The fourth-order valence-corrected chi connectivity index (χ4v) is 2.91. The third-order valence-electron chi connectivity index (χ3n) is 4.12. The van der Waals surface area contributed by atoms with E-state index in [1.807, 2.05) is 18.2 Å². The van der Waals surface area contributed by atoms with Crippen molar-refractivity contribution >= 4 is 17.3 Å². The summed E-state index contributed by atoms with van der Waals surface area (Å²) in [6.45, 7) is 5.48. The number of hydrogen-bond acceptors (Lipinski definition) is 3. The molecular weight excluding hydrogens is 252 g/mol. The number of carbonyl (C=O) groups excluding carboxylic acids is 1. The predicted octanol–water partition coefficient (Wildman–Crippen LogP) is 2.32. The lowest BCUT2D eigenvalue weighted by Gasteiger charge is -2.27. The molecule has 0 radical (unpaired) electrons. The third-order valence-corrected chi connectivity index (χ3v) is 4.12. The van der Waals surface area contributed by atoms with E-state index in [2.05, 4.69) is 18.7 Å². The number of fused-ring (bicyclic) bond motifs is 1. The lowest BCUT2D eigenvalue weighted by molar-refractivity contribution is -0.125. The van der Waals surface area contributed by atoms with Crippen LogP contribution in [0.15, 0.2) is 18.2 Å². The van der Waals surface area contributed by atoms with Crippen LogP contribution >= 0.6 is 0 Å². The zero-order valence-electron chi connectivity index (χ0n) is 12.3. The Bertz CT molecular complexity index is 537. The molecule has 3 rings (SSSR count). The number of nitrogens with zero attached hydrogens (tertiary/aromatic N) is 2. The zero-order valence-corrected chi connectivity index (χ0v) is 12.3. The third kappa shape index (κ3) is 2.18. The van der Waals surface area contributed by atoms with Gasteiger partial charge in [0, 0.05) is 30.9 Å². The van der Waals surface area contributed by atoms with E-state index in [1.165, 1.54) is 12.8 Å². The van der Waals surface area contributed by atoms with Crippen LogP contribution in [0.2, 0.25) is 0 Å². The minimum Gasteiger partial charge on any atom is -0.378 e. The van der Waals surface area contributed by atoms with Gasteiger partial charge in [-0.05, 0) is 30.9 Å². The van der Waals surface area contributed by atoms with Gasteiger partial charge in [-0.3, -0.25) is 4.79 Å². The summed E-state index contributed by atoms with van der Waals surface area (Å²) < 4.78 is 0. The Labute approximate surface area is 120 Å². The lowest BCUT2D eigenvalue weighted by Crippen LogP contribution is -2.30. The van der Waals surface area contributed by atoms with Crippen LogP contribution in [0.3, 0.4) is 0 Å². The standard InChI is InChI=1S/C16H22N2O2/c1-10(2)9-18(11-4-5-11)12-6-7-13-14(8-12)17(3)16(20)15(13)19/h6-8,10-11,15,19H,4-5,9H2,1-3H3. The fourth-order valence-electron chi connectivity index (χ4n) is 2.91. The van der Waals surface area contributed by atoms with Gasteiger partial charge in [-0.15, -0.1) is 0 Å². The first-order valence-electron chi connectivity index (χ1n) is 7.35. The summed E-state index contributed by atoms with van der Waals surface area (Å²) in [5, 5.41) is 9.91. The van der Waals surface area contributed by atoms with Gasteiger partial charge in [-0.2, -0.15) is 0 Å². The number of hydrogen-bond donors (Lipinski definition) is 1. The van der Waals surface area contributed by atoms with Gasteiger partial charge in [-0.25, -0.2) is 0 Å². The van der Waals surface area contributed by atoms with E-state index < -0.39 is 6.10 Å². The van der Waals surface area contributed by atoms with Crippen molar-refractivity contribution < 1.29 is 9.90 Å². The smallest absolute Gasteiger partial charge is 0.260 e. The quantitative estimate of drug-likeness (QED) is 0.916. The van der Waals surface area contributed by atoms with E-state index in [0.717, 1.165) is 23.5 Å². The van der Waals surface area contributed by atoms with Crippen molar-refractivity contribution in [2.24, 2.45) is 5.92 Å². The summed E-state index contributed by atoms with van der Waals surface area (Å²) in [5.41, 5.74) is 2.73. The van der Waals surface area contributed by atoms with Gasteiger partial charge in [0.1, 0.15) is 0 Å². The minimum absolute atomic E-state index is 0.237. The second kappa shape index (κ2) is 4.77. The van der Waals surface area contributed by atoms with Crippen LogP contribution in [0, 0.1) is 5.92 Å². The number of carbonyl (C=O) groups is 1. The number of rotatable bonds is 4. The Kier molecular flexibility index (Phi) is 3.21. The first-order chi connectivity index (χ1) is 9.49. The first-order valence-corrected chi connectivity index (χ1v) is 7.35. The van der Waals surface area contributed by atoms with Crippen LogP contribution in [-0.4, -0.2) is 30.6 Å². The highest BCUT2D eigenvalue weighted by Crippen LogP contribution is 2.40. The van der Waals surface area contributed by atoms with Crippen molar-refractivity contribution in [1.29, 1.82) is 0 Å². The van der Waals surface area contributed by atoms with Gasteiger partial charge in [0.15, 0.2) is 6.10 Å². The van der Waals surface area contributed by atoms with Crippen molar-refractivity contribution in [2.45, 2.75) is 38.8 Å². The molecule has 1 aromatic rings. The van der Waals surface area contributed by atoms with E-state index in [9.17, 15) is 9.90 Å². The van der Waals surface area contributed by atoms with Crippen LogP contribution in [0.5, 0.6) is 0 Å². The Balaban J connectivity index is 1.94. The van der Waals surface area contributed by atoms with Gasteiger partial charge in [0.2, 0.25) is 0 Å². The monoisotopic (exact) mass is 274 g/mol. The van der Waals surface area contributed by atoms with Gasteiger partial charge in [0.05, 0.1) is 5.69 Å². The van der Waals surface area contributed by atoms with E-state index >= 15 is 0 Å². The highest BCUT2D eigenvalue weighted by Gasteiger charge is 2.35. The van der Waals surface area contributed by atoms with Crippen LogP contribution in [0.4, 0.5) is 11.4 Å².